The fraction of sp³-hybridized carbons (Fsp3) is 0.526. The van der Waals surface area contributed by atoms with Gasteiger partial charge in [0.2, 0.25) is 11.8 Å². The Hall–Kier alpha value is -5.10. The second-order valence-corrected chi connectivity index (χ2v) is 16.0. The van der Waals surface area contributed by atoms with Gasteiger partial charge in [-0.1, -0.05) is 53.4 Å². The maximum Gasteiger partial charge on any atom is 0.407 e. The summed E-state index contributed by atoms with van der Waals surface area (Å²) in [5.41, 5.74) is 3.26. The number of ether oxygens (including phenoxy) is 2. The van der Waals surface area contributed by atoms with Gasteiger partial charge in [0, 0.05) is 18.7 Å². The summed E-state index contributed by atoms with van der Waals surface area (Å²) >= 11 is 1.48. The average Bonchev–Trinajstić information content (AvgIpc) is 3.95. The topological polar surface area (TPSA) is 175 Å². The number of rotatable bonds is 8. The first-order valence-electron chi connectivity index (χ1n) is 18.1. The van der Waals surface area contributed by atoms with Gasteiger partial charge in [-0.25, -0.2) is 19.6 Å². The fourth-order valence-corrected chi connectivity index (χ4v) is 8.15. The van der Waals surface area contributed by atoms with Gasteiger partial charge in [-0.05, 0) is 60.8 Å². The Morgan fingerprint density at radius 3 is 1.83 bits per heavy atom. The molecule has 2 saturated heterocycles. The van der Waals surface area contributed by atoms with Gasteiger partial charge in [-0.15, -0.1) is 11.3 Å². The zero-order valence-electron chi connectivity index (χ0n) is 31.4. The monoisotopic (exact) mass is 744 g/mol. The molecule has 2 aliphatic rings. The van der Waals surface area contributed by atoms with Crippen LogP contribution in [0, 0.1) is 35.5 Å². The van der Waals surface area contributed by atoms with Crippen molar-refractivity contribution in [3.05, 3.63) is 46.4 Å². The van der Waals surface area contributed by atoms with Crippen molar-refractivity contribution in [3.8, 4) is 11.8 Å². The van der Waals surface area contributed by atoms with E-state index in [4.69, 9.17) is 19.4 Å². The van der Waals surface area contributed by atoms with Gasteiger partial charge in [0.1, 0.15) is 28.6 Å². The number of aromatic amines is 2. The van der Waals surface area contributed by atoms with Crippen molar-refractivity contribution in [2.75, 3.05) is 27.3 Å². The number of amides is 4. The highest BCUT2D eigenvalue weighted by Crippen LogP contribution is 2.38. The van der Waals surface area contributed by atoms with Crippen LogP contribution in [0.3, 0.4) is 0 Å². The number of benzene rings is 1. The van der Waals surface area contributed by atoms with Crippen molar-refractivity contribution in [3.63, 3.8) is 0 Å². The minimum Gasteiger partial charge on any atom is -0.453 e. The lowest BCUT2D eigenvalue weighted by atomic mass is 10.0. The highest BCUT2D eigenvalue weighted by molar-refractivity contribution is 7.19. The van der Waals surface area contributed by atoms with Crippen molar-refractivity contribution in [1.29, 1.82) is 0 Å². The number of aromatic nitrogens is 4. The predicted molar refractivity (Wildman–Crippen MR) is 201 cm³/mol. The smallest absolute Gasteiger partial charge is 0.407 e. The third-order valence-electron chi connectivity index (χ3n) is 10.0. The van der Waals surface area contributed by atoms with Crippen molar-refractivity contribution >= 4 is 56.7 Å². The number of carbonyl (C=O) groups excluding carboxylic acids is 4. The maximum absolute atomic E-state index is 13.7. The van der Waals surface area contributed by atoms with E-state index in [-0.39, 0.29) is 47.6 Å². The SMILES string of the molecule is COC(=O)N[C@H](C(=O)N1C[C@@H](C)C[C@H]1c1nc2ccc(C#Cc3cc4[nH]c([C@@H]5C[C@H](C)CN5C(=O)[C@@H](NC(=O)OC)C(C)C)nc4s3)cc2[nH]1)C(C)C. The molecule has 282 valence electrons. The third kappa shape index (κ3) is 7.97. The molecule has 0 radical (unpaired) electrons. The van der Waals surface area contributed by atoms with E-state index in [9.17, 15) is 19.2 Å². The molecule has 1 aromatic carbocycles. The number of fused-ring (bicyclic) bond motifs is 2. The minimum atomic E-state index is -0.711. The van der Waals surface area contributed by atoms with Gasteiger partial charge < -0.3 is 39.9 Å². The molecule has 0 unspecified atom stereocenters. The summed E-state index contributed by atoms with van der Waals surface area (Å²) in [4.78, 5) is 73.2. The number of methoxy groups -OCH3 is 2. The van der Waals surface area contributed by atoms with Crippen molar-refractivity contribution < 1.29 is 28.7 Å². The van der Waals surface area contributed by atoms with E-state index in [2.05, 4.69) is 46.3 Å². The molecular weight excluding hydrogens is 697 g/mol. The van der Waals surface area contributed by atoms with Gasteiger partial charge in [0.25, 0.3) is 0 Å². The number of likely N-dealkylation sites (tertiary alicyclic amines) is 2. The Bertz CT molecular complexity index is 2040. The van der Waals surface area contributed by atoms with Gasteiger partial charge >= 0.3 is 12.2 Å². The van der Waals surface area contributed by atoms with E-state index >= 15 is 0 Å². The van der Waals surface area contributed by atoms with Crippen LogP contribution in [0.5, 0.6) is 0 Å². The van der Waals surface area contributed by atoms with Gasteiger partial charge in [-0.3, -0.25) is 9.59 Å². The summed E-state index contributed by atoms with van der Waals surface area (Å²) < 4.78 is 9.53. The molecule has 6 atom stereocenters. The van der Waals surface area contributed by atoms with Crippen molar-refractivity contribution in [1.82, 2.24) is 40.4 Å². The summed E-state index contributed by atoms with van der Waals surface area (Å²) in [6.07, 6.45) is 0.249. The molecule has 15 heteroatoms. The predicted octanol–water partition coefficient (Wildman–Crippen LogP) is 5.48. The molecular formula is C38H48N8O6S. The molecule has 2 aliphatic heterocycles. The van der Waals surface area contributed by atoms with E-state index in [0.717, 1.165) is 50.5 Å². The summed E-state index contributed by atoms with van der Waals surface area (Å²) in [7, 11) is 2.57. The largest absolute Gasteiger partial charge is 0.453 e. The number of thiophene rings is 1. The molecule has 4 amide bonds. The van der Waals surface area contributed by atoms with Gasteiger partial charge in [0.15, 0.2) is 0 Å². The van der Waals surface area contributed by atoms with Crippen molar-refractivity contribution in [2.24, 2.45) is 23.7 Å². The standard InChI is InChI=1S/C38H48N8O6S/c1-19(2)30(42-37(49)51-7)35(47)45-17-21(5)13-28(45)32-39-25-12-10-23(15-26(25)40-32)9-11-24-16-27-34(53-24)44-33(41-27)29-14-22(6)18-46(29)36(48)31(20(3)4)43-38(50)52-8/h10,12,15-16,19-22,28-31H,13-14,17-18H2,1-8H3,(H,39,40)(H,41,44)(H,42,49)(H,43,50)/t21-,22-,28-,29-,30-,31-/m0/s1. The number of alkyl carbamates (subject to hydrolysis) is 2. The minimum absolute atomic E-state index is 0.117. The quantitative estimate of drug-likeness (QED) is 0.172. The number of nitrogens with zero attached hydrogens (tertiary/aromatic N) is 4. The van der Waals surface area contributed by atoms with Crippen LogP contribution in [0.25, 0.3) is 21.4 Å². The highest BCUT2D eigenvalue weighted by atomic mass is 32.1. The van der Waals surface area contributed by atoms with Crippen LogP contribution < -0.4 is 10.6 Å². The average molecular weight is 745 g/mol. The molecule has 4 N–H and O–H groups in total. The Balaban J connectivity index is 1.18. The molecule has 0 spiro atoms. The molecule has 0 bridgehead atoms. The molecule has 53 heavy (non-hydrogen) atoms. The third-order valence-corrected chi connectivity index (χ3v) is 11.0. The highest BCUT2D eigenvalue weighted by Gasteiger charge is 2.41. The number of carbonyl (C=O) groups is 4. The van der Waals surface area contributed by atoms with Crippen LogP contribution >= 0.6 is 11.3 Å². The number of nitrogens with one attached hydrogen (secondary N) is 4. The van der Waals surface area contributed by atoms with Crippen molar-refractivity contribution in [2.45, 2.75) is 78.6 Å². The normalized spacial score (nSPS) is 21.2. The van der Waals surface area contributed by atoms with Crippen LogP contribution in [0.2, 0.25) is 0 Å². The zero-order valence-corrected chi connectivity index (χ0v) is 32.2. The van der Waals surface area contributed by atoms with Crippen LogP contribution in [-0.2, 0) is 19.1 Å². The Morgan fingerprint density at radius 2 is 1.32 bits per heavy atom. The Labute approximate surface area is 312 Å². The lowest BCUT2D eigenvalue weighted by Gasteiger charge is -2.30. The fourth-order valence-electron chi connectivity index (χ4n) is 7.30. The second-order valence-electron chi connectivity index (χ2n) is 15.0. The van der Waals surface area contributed by atoms with E-state index in [0.29, 0.717) is 18.9 Å². The molecule has 14 nitrogen and oxygen atoms in total. The van der Waals surface area contributed by atoms with E-state index in [1.54, 1.807) is 0 Å². The Kier molecular flexibility index (Phi) is 11.0. The lowest BCUT2D eigenvalue weighted by Crippen LogP contribution is -2.51. The van der Waals surface area contributed by atoms with Crippen LogP contribution in [0.15, 0.2) is 24.3 Å². The number of hydrogen-bond acceptors (Lipinski definition) is 9. The van der Waals surface area contributed by atoms with E-state index < -0.39 is 24.3 Å². The molecule has 6 rings (SSSR count). The van der Waals surface area contributed by atoms with E-state index in [1.165, 1.54) is 25.6 Å². The first kappa shape index (κ1) is 37.7. The van der Waals surface area contributed by atoms with Crippen LogP contribution in [0.4, 0.5) is 9.59 Å². The van der Waals surface area contributed by atoms with Crippen LogP contribution in [-0.4, -0.2) is 93.1 Å². The zero-order chi connectivity index (χ0) is 38.1. The molecule has 0 saturated carbocycles. The van der Waals surface area contributed by atoms with Crippen LogP contribution in [0.1, 0.15) is 88.6 Å². The molecule has 0 aliphatic carbocycles. The van der Waals surface area contributed by atoms with Gasteiger partial charge in [-0.2, -0.15) is 0 Å². The summed E-state index contributed by atoms with van der Waals surface area (Å²) in [6, 6.07) is 5.89. The summed E-state index contributed by atoms with van der Waals surface area (Å²) in [5.74, 6) is 7.96. The number of hydrogen-bond donors (Lipinski definition) is 4. The molecule has 5 heterocycles. The second kappa shape index (κ2) is 15.5. The summed E-state index contributed by atoms with van der Waals surface area (Å²) in [6.45, 7) is 12.9. The molecule has 4 aromatic rings. The molecule has 3 aromatic heterocycles. The van der Waals surface area contributed by atoms with Gasteiger partial charge in [0.05, 0.1) is 47.7 Å². The Morgan fingerprint density at radius 1 is 0.792 bits per heavy atom. The molecule has 2 fully saturated rings. The van der Waals surface area contributed by atoms with E-state index in [1.807, 2.05) is 61.8 Å². The summed E-state index contributed by atoms with van der Waals surface area (Å²) in [5, 5.41) is 5.40. The first-order chi connectivity index (χ1) is 25.3. The number of H-pyrrole nitrogens is 2. The number of imidazole rings is 2. The maximum atomic E-state index is 13.7. The first-order valence-corrected chi connectivity index (χ1v) is 18.9. The lowest BCUT2D eigenvalue weighted by molar-refractivity contribution is -0.136.